The number of piperidine rings is 1. The third-order valence-electron chi connectivity index (χ3n) is 8.28. The molecular weight excluding hydrogens is 550 g/mol. The molecule has 2 amide bonds. The Bertz CT molecular complexity index is 1860. The van der Waals surface area contributed by atoms with Crippen LogP contribution in [0.3, 0.4) is 0 Å². The molecule has 1 saturated heterocycles. The summed E-state index contributed by atoms with van der Waals surface area (Å²) in [6.07, 6.45) is 3.97. The number of hydrogen-bond acceptors (Lipinski definition) is 8. The summed E-state index contributed by atoms with van der Waals surface area (Å²) in [5.41, 5.74) is 2.94. The van der Waals surface area contributed by atoms with E-state index in [1.807, 2.05) is 37.5 Å². The van der Waals surface area contributed by atoms with Crippen LogP contribution in [-0.2, 0) is 0 Å². The van der Waals surface area contributed by atoms with E-state index in [4.69, 9.17) is 4.74 Å². The number of ether oxygens (including phenoxy) is 1. The Morgan fingerprint density at radius 1 is 1.02 bits per heavy atom. The molecule has 5 aromatic rings. The predicted molar refractivity (Wildman–Crippen MR) is 161 cm³/mol. The minimum atomic E-state index is -0.871. The first-order chi connectivity index (χ1) is 20.9. The third-order valence-corrected chi connectivity index (χ3v) is 8.28. The number of pyridine rings is 1. The van der Waals surface area contributed by atoms with Crippen molar-refractivity contribution < 1.29 is 19.4 Å². The molecule has 5 heterocycles. The number of hydrogen-bond donors (Lipinski definition) is 5. The summed E-state index contributed by atoms with van der Waals surface area (Å²) in [5.74, 6) is 0.344. The zero-order chi connectivity index (χ0) is 29.7. The molecule has 2 aliphatic heterocycles. The number of amides is 2. The van der Waals surface area contributed by atoms with Gasteiger partial charge in [0.05, 0.1) is 27.8 Å². The number of likely N-dealkylation sites (tertiary alicyclic amines) is 1. The Hall–Kier alpha value is -4.94. The first kappa shape index (κ1) is 26.9. The number of aromatic amines is 3. The second kappa shape index (κ2) is 10.7. The van der Waals surface area contributed by atoms with Gasteiger partial charge in [0.1, 0.15) is 29.8 Å². The molecule has 220 valence electrons. The van der Waals surface area contributed by atoms with Crippen molar-refractivity contribution in [3.63, 3.8) is 0 Å². The van der Waals surface area contributed by atoms with E-state index < -0.39 is 6.10 Å². The van der Waals surface area contributed by atoms with E-state index in [9.17, 15) is 19.5 Å². The molecule has 0 aliphatic carbocycles. The SMILES string of the molecule is CN1CCC(N2C(=O)c3cc4nc(-c5c(NC[C@@H](O)COc6cccc7[nH]ccc67)cc[nH]c5=O)[nH]c4cc3C2=O)CC1. The summed E-state index contributed by atoms with van der Waals surface area (Å²) in [4.78, 5) is 56.8. The fourth-order valence-corrected chi connectivity index (χ4v) is 5.98. The molecule has 12 heteroatoms. The van der Waals surface area contributed by atoms with E-state index in [2.05, 4.69) is 30.2 Å². The first-order valence-corrected chi connectivity index (χ1v) is 14.3. The maximum atomic E-state index is 13.3. The number of fused-ring (bicyclic) bond motifs is 3. The van der Waals surface area contributed by atoms with Crippen LogP contribution in [0.15, 0.2) is 59.7 Å². The number of imide groups is 1. The molecule has 3 aromatic heterocycles. The van der Waals surface area contributed by atoms with Crippen molar-refractivity contribution in [2.75, 3.05) is 38.6 Å². The number of benzene rings is 2. The van der Waals surface area contributed by atoms with Gasteiger partial charge in [0.2, 0.25) is 0 Å². The summed E-state index contributed by atoms with van der Waals surface area (Å²) in [7, 11) is 2.03. The van der Waals surface area contributed by atoms with Crippen molar-refractivity contribution in [1.29, 1.82) is 0 Å². The average Bonchev–Trinajstić information content (AvgIpc) is 3.71. The third kappa shape index (κ3) is 4.84. The highest BCUT2D eigenvalue weighted by Gasteiger charge is 2.41. The number of carbonyl (C=O) groups excluding carboxylic acids is 2. The average molecular weight is 582 g/mol. The van der Waals surface area contributed by atoms with Gasteiger partial charge >= 0.3 is 0 Å². The summed E-state index contributed by atoms with van der Waals surface area (Å²) in [5, 5.41) is 14.7. The van der Waals surface area contributed by atoms with E-state index in [1.54, 1.807) is 18.2 Å². The number of aromatic nitrogens is 4. The van der Waals surface area contributed by atoms with Gasteiger partial charge in [-0.25, -0.2) is 4.98 Å². The summed E-state index contributed by atoms with van der Waals surface area (Å²) < 4.78 is 5.86. The summed E-state index contributed by atoms with van der Waals surface area (Å²) in [6.45, 7) is 1.83. The maximum Gasteiger partial charge on any atom is 0.261 e. The van der Waals surface area contributed by atoms with Crippen LogP contribution in [0.1, 0.15) is 33.6 Å². The van der Waals surface area contributed by atoms with Crippen molar-refractivity contribution in [2.24, 2.45) is 0 Å². The van der Waals surface area contributed by atoms with Crippen LogP contribution < -0.4 is 15.6 Å². The summed E-state index contributed by atoms with van der Waals surface area (Å²) in [6, 6.07) is 12.4. The van der Waals surface area contributed by atoms with Crippen LogP contribution in [0.5, 0.6) is 5.75 Å². The van der Waals surface area contributed by atoms with Gasteiger partial charge in [-0.3, -0.25) is 19.3 Å². The molecule has 0 radical (unpaired) electrons. The van der Waals surface area contributed by atoms with Crippen molar-refractivity contribution in [3.05, 3.63) is 76.3 Å². The molecule has 1 atom stereocenters. The van der Waals surface area contributed by atoms with E-state index >= 15 is 0 Å². The number of anilines is 1. The molecule has 1 fully saturated rings. The molecule has 2 aromatic carbocycles. The zero-order valence-corrected chi connectivity index (χ0v) is 23.5. The second-order valence-corrected chi connectivity index (χ2v) is 11.2. The van der Waals surface area contributed by atoms with Crippen LogP contribution in [0.4, 0.5) is 5.69 Å². The van der Waals surface area contributed by atoms with Crippen LogP contribution in [-0.4, -0.2) is 92.1 Å². The first-order valence-electron chi connectivity index (χ1n) is 14.3. The number of aliphatic hydroxyl groups excluding tert-OH is 1. The normalized spacial score (nSPS) is 16.7. The van der Waals surface area contributed by atoms with Crippen LogP contribution in [0.2, 0.25) is 0 Å². The van der Waals surface area contributed by atoms with Crippen LogP contribution >= 0.6 is 0 Å². The van der Waals surface area contributed by atoms with Crippen LogP contribution in [0, 0.1) is 0 Å². The van der Waals surface area contributed by atoms with E-state index in [0.717, 1.165) is 36.8 Å². The number of imidazole rings is 1. The van der Waals surface area contributed by atoms with Gasteiger partial charge in [-0.05, 0) is 69.4 Å². The van der Waals surface area contributed by atoms with Crippen molar-refractivity contribution in [1.82, 2.24) is 29.7 Å². The Labute approximate surface area is 245 Å². The molecular formula is C31H31N7O5. The van der Waals surface area contributed by atoms with E-state index in [1.165, 1.54) is 11.1 Å². The number of rotatable bonds is 8. The lowest BCUT2D eigenvalue weighted by Crippen LogP contribution is -2.46. The highest BCUT2D eigenvalue weighted by molar-refractivity contribution is 6.23. The fraction of sp³-hybridized carbons (Fsp3) is 0.290. The molecule has 0 saturated carbocycles. The van der Waals surface area contributed by atoms with Gasteiger partial charge in [0.15, 0.2) is 0 Å². The number of nitrogens with zero attached hydrogens (tertiary/aromatic N) is 3. The largest absolute Gasteiger partial charge is 0.490 e. The number of aliphatic hydroxyl groups is 1. The van der Waals surface area contributed by atoms with Gasteiger partial charge in [0.25, 0.3) is 17.4 Å². The highest BCUT2D eigenvalue weighted by atomic mass is 16.5. The van der Waals surface area contributed by atoms with Gasteiger partial charge in [0, 0.05) is 35.9 Å². The zero-order valence-electron chi connectivity index (χ0n) is 23.5. The molecule has 12 nitrogen and oxygen atoms in total. The molecule has 2 aliphatic rings. The lowest BCUT2D eigenvalue weighted by Gasteiger charge is -2.33. The van der Waals surface area contributed by atoms with Gasteiger partial charge in [-0.1, -0.05) is 6.07 Å². The standard InChI is InChI=1S/C31H31N7O5/c1-37-11-7-17(8-12-37)38-30(41)20-13-24-25(14-21(20)31(38)42)36-28(35-24)27-23(6-10-33-29(27)40)34-15-18(39)16-43-26-4-2-3-22-19(26)5-9-32-22/h2-6,9-10,13-14,17-18,32,39H,7-8,11-12,15-16H2,1H3,(H,35,36)(H2,33,34,40)/t18-/m1/s1. The molecule has 0 unspecified atom stereocenters. The number of nitrogens with one attached hydrogen (secondary N) is 4. The fourth-order valence-electron chi connectivity index (χ4n) is 5.98. The van der Waals surface area contributed by atoms with E-state index in [-0.39, 0.29) is 48.0 Å². The Balaban J connectivity index is 1.09. The summed E-state index contributed by atoms with van der Waals surface area (Å²) >= 11 is 0. The van der Waals surface area contributed by atoms with Gasteiger partial charge in [-0.2, -0.15) is 0 Å². The van der Waals surface area contributed by atoms with Crippen molar-refractivity contribution in [2.45, 2.75) is 25.0 Å². The molecule has 7 rings (SSSR count). The predicted octanol–water partition coefficient (Wildman–Crippen LogP) is 2.94. The molecule has 0 spiro atoms. The molecule has 0 bridgehead atoms. The molecule has 5 N–H and O–H groups in total. The van der Waals surface area contributed by atoms with Crippen molar-refractivity contribution >= 4 is 39.4 Å². The van der Waals surface area contributed by atoms with Gasteiger partial charge in [-0.15, -0.1) is 0 Å². The Kier molecular flexibility index (Phi) is 6.71. The van der Waals surface area contributed by atoms with Gasteiger partial charge < -0.3 is 35.0 Å². The number of carbonyl (C=O) groups is 2. The lowest BCUT2D eigenvalue weighted by atomic mass is 10.0. The Morgan fingerprint density at radius 2 is 1.79 bits per heavy atom. The smallest absolute Gasteiger partial charge is 0.261 e. The monoisotopic (exact) mass is 581 g/mol. The van der Waals surface area contributed by atoms with E-state index in [0.29, 0.717) is 33.6 Å². The van der Waals surface area contributed by atoms with Crippen LogP contribution in [0.25, 0.3) is 33.3 Å². The topological polar surface area (TPSA) is 159 Å². The quantitative estimate of drug-likeness (QED) is 0.175. The minimum absolute atomic E-state index is 0.0443. The second-order valence-electron chi connectivity index (χ2n) is 11.2. The minimum Gasteiger partial charge on any atom is -0.490 e. The maximum absolute atomic E-state index is 13.3. The van der Waals surface area contributed by atoms with Crippen molar-refractivity contribution in [3.8, 4) is 17.1 Å². The number of H-pyrrole nitrogens is 3. The Morgan fingerprint density at radius 3 is 2.60 bits per heavy atom. The highest BCUT2D eigenvalue weighted by Crippen LogP contribution is 2.33. The lowest BCUT2D eigenvalue weighted by molar-refractivity contribution is 0.0516. The molecule has 43 heavy (non-hydrogen) atoms.